The zero-order chi connectivity index (χ0) is 31.3. The van der Waals surface area contributed by atoms with Crippen LogP contribution >= 0.6 is 15.9 Å². The van der Waals surface area contributed by atoms with Gasteiger partial charge in [-0.15, -0.1) is 0 Å². The van der Waals surface area contributed by atoms with Crippen molar-refractivity contribution in [2.75, 3.05) is 33.0 Å². The fourth-order valence-corrected chi connectivity index (χ4v) is 5.66. The number of benzene rings is 4. The molecule has 0 unspecified atom stereocenters. The summed E-state index contributed by atoms with van der Waals surface area (Å²) in [6, 6.07) is 13.0. The molecule has 0 aliphatic rings. The van der Waals surface area contributed by atoms with Gasteiger partial charge in [0.05, 0.1) is 37.5 Å². The van der Waals surface area contributed by atoms with Crippen molar-refractivity contribution in [3.8, 4) is 28.7 Å². The Morgan fingerprint density at radius 2 is 0.591 bits per heavy atom. The van der Waals surface area contributed by atoms with E-state index in [1.54, 1.807) is 0 Å². The standard InChI is InChI=1S/C38H51BrO5/c1-6-11-16-40-34-22-28-27(21-33(34)39)29-23-35(41-17-12-7-2)37(43-19-14-9-4)25-31(29)32-26-38(44-20-15-10-5)36(24-30(28)32)42-18-13-8-3/h21-26H,6-20H2,1-5H3. The van der Waals surface area contributed by atoms with Gasteiger partial charge in [0.25, 0.3) is 0 Å². The van der Waals surface area contributed by atoms with Crippen LogP contribution in [0.5, 0.6) is 28.7 Å². The minimum Gasteiger partial charge on any atom is -0.492 e. The molecule has 5 nitrogen and oxygen atoms in total. The van der Waals surface area contributed by atoms with Crippen molar-refractivity contribution >= 4 is 48.2 Å². The molecule has 0 fully saturated rings. The molecule has 0 amide bonds. The van der Waals surface area contributed by atoms with Gasteiger partial charge in [-0.05, 0) is 117 Å². The van der Waals surface area contributed by atoms with Crippen molar-refractivity contribution in [1.82, 2.24) is 0 Å². The predicted molar refractivity (Wildman–Crippen MR) is 189 cm³/mol. The number of hydrogen-bond acceptors (Lipinski definition) is 5. The first-order valence-electron chi connectivity index (χ1n) is 16.9. The molecule has 0 saturated carbocycles. The molecular weight excluding hydrogens is 616 g/mol. The molecule has 44 heavy (non-hydrogen) atoms. The maximum absolute atomic E-state index is 6.37. The smallest absolute Gasteiger partial charge is 0.161 e. The molecular formula is C38H51BrO5. The average Bonchev–Trinajstić information content (AvgIpc) is 3.02. The van der Waals surface area contributed by atoms with Crippen molar-refractivity contribution in [2.24, 2.45) is 0 Å². The summed E-state index contributed by atoms with van der Waals surface area (Å²) < 4.78 is 32.7. The molecule has 0 aliphatic heterocycles. The largest absolute Gasteiger partial charge is 0.492 e. The topological polar surface area (TPSA) is 46.2 Å². The minimum atomic E-state index is 0.654. The quantitative estimate of drug-likeness (QED) is 0.0693. The fraction of sp³-hybridized carbons (Fsp3) is 0.526. The molecule has 0 aliphatic carbocycles. The summed E-state index contributed by atoms with van der Waals surface area (Å²) in [6.07, 6.45) is 10.4. The first kappa shape index (κ1) is 34.0. The Bertz CT molecular complexity index is 1450. The second kappa shape index (κ2) is 17.6. The van der Waals surface area contributed by atoms with Crippen molar-refractivity contribution in [3.63, 3.8) is 0 Å². The van der Waals surface area contributed by atoms with Crippen LogP contribution in [0, 0.1) is 0 Å². The molecule has 4 aromatic rings. The van der Waals surface area contributed by atoms with E-state index in [0.717, 1.165) is 130 Å². The van der Waals surface area contributed by atoms with Crippen LogP contribution in [0.1, 0.15) is 98.8 Å². The first-order valence-corrected chi connectivity index (χ1v) is 17.7. The highest BCUT2D eigenvalue weighted by atomic mass is 79.9. The maximum Gasteiger partial charge on any atom is 0.161 e. The van der Waals surface area contributed by atoms with E-state index in [2.05, 4.69) is 86.9 Å². The van der Waals surface area contributed by atoms with E-state index in [1.165, 1.54) is 0 Å². The maximum atomic E-state index is 6.37. The van der Waals surface area contributed by atoms with E-state index >= 15 is 0 Å². The monoisotopic (exact) mass is 666 g/mol. The Labute approximate surface area is 272 Å². The van der Waals surface area contributed by atoms with Gasteiger partial charge in [0.15, 0.2) is 23.0 Å². The molecule has 0 N–H and O–H groups in total. The summed E-state index contributed by atoms with van der Waals surface area (Å²) in [5.74, 6) is 4.01. The van der Waals surface area contributed by atoms with Crippen LogP contribution in [-0.4, -0.2) is 33.0 Å². The van der Waals surface area contributed by atoms with E-state index in [1.807, 2.05) is 0 Å². The van der Waals surface area contributed by atoms with Crippen molar-refractivity contribution < 1.29 is 23.7 Å². The van der Waals surface area contributed by atoms with Crippen LogP contribution in [0.25, 0.3) is 32.3 Å². The highest BCUT2D eigenvalue weighted by Gasteiger charge is 2.19. The number of rotatable bonds is 20. The van der Waals surface area contributed by atoms with Gasteiger partial charge in [-0.1, -0.05) is 66.7 Å². The second-order valence-electron chi connectivity index (χ2n) is 11.5. The van der Waals surface area contributed by atoms with E-state index in [4.69, 9.17) is 23.7 Å². The Kier molecular flexibility index (Phi) is 13.6. The minimum absolute atomic E-state index is 0.654. The van der Waals surface area contributed by atoms with E-state index in [0.29, 0.717) is 33.0 Å². The highest BCUT2D eigenvalue weighted by Crippen LogP contribution is 2.46. The lowest BCUT2D eigenvalue weighted by atomic mass is 9.93. The predicted octanol–water partition coefficient (Wildman–Crippen LogP) is 11.8. The third-order valence-corrected chi connectivity index (χ3v) is 8.51. The molecule has 0 spiro atoms. The van der Waals surface area contributed by atoms with Crippen LogP contribution in [0.15, 0.2) is 40.9 Å². The summed E-state index contributed by atoms with van der Waals surface area (Å²) >= 11 is 3.82. The Balaban J connectivity index is 2.02. The van der Waals surface area contributed by atoms with E-state index in [-0.39, 0.29) is 0 Å². The number of unbranched alkanes of at least 4 members (excludes halogenated alkanes) is 5. The number of hydrogen-bond donors (Lipinski definition) is 0. The van der Waals surface area contributed by atoms with Gasteiger partial charge in [-0.25, -0.2) is 0 Å². The van der Waals surface area contributed by atoms with Crippen molar-refractivity contribution in [1.29, 1.82) is 0 Å². The molecule has 6 heteroatoms. The van der Waals surface area contributed by atoms with Crippen molar-refractivity contribution in [3.05, 3.63) is 40.9 Å². The second-order valence-corrected chi connectivity index (χ2v) is 12.4. The summed E-state index contributed by atoms with van der Waals surface area (Å²) in [4.78, 5) is 0. The van der Waals surface area contributed by atoms with Crippen LogP contribution in [0.4, 0.5) is 0 Å². The highest BCUT2D eigenvalue weighted by molar-refractivity contribution is 9.10. The normalized spacial score (nSPS) is 11.4. The molecule has 0 heterocycles. The lowest BCUT2D eigenvalue weighted by Crippen LogP contribution is -2.04. The molecule has 0 atom stereocenters. The van der Waals surface area contributed by atoms with Crippen LogP contribution < -0.4 is 23.7 Å². The van der Waals surface area contributed by atoms with Gasteiger partial charge in [0.2, 0.25) is 0 Å². The SMILES string of the molecule is CCCCOc1cc2c(cc1Br)c1cc(OCCCC)c(OCCCC)cc1c1cc(OCCCC)c(OCCCC)cc21. The molecule has 0 aromatic heterocycles. The number of ether oxygens (including phenoxy) is 5. The van der Waals surface area contributed by atoms with Gasteiger partial charge in [-0.2, -0.15) is 0 Å². The fourth-order valence-electron chi connectivity index (χ4n) is 5.20. The van der Waals surface area contributed by atoms with Gasteiger partial charge < -0.3 is 23.7 Å². The first-order chi connectivity index (χ1) is 21.6. The lowest BCUT2D eigenvalue weighted by Gasteiger charge is -2.20. The van der Waals surface area contributed by atoms with Gasteiger partial charge in [-0.3, -0.25) is 0 Å². The zero-order valence-electron chi connectivity index (χ0n) is 27.5. The molecule has 4 aromatic carbocycles. The third-order valence-electron chi connectivity index (χ3n) is 7.89. The summed E-state index contributed by atoms with van der Waals surface area (Å²) in [5, 5.41) is 6.66. The summed E-state index contributed by atoms with van der Waals surface area (Å²) in [6.45, 7) is 14.2. The molecule has 0 saturated heterocycles. The van der Waals surface area contributed by atoms with Crippen LogP contribution in [-0.2, 0) is 0 Å². The molecule has 240 valence electrons. The Hall–Kier alpha value is -2.86. The molecule has 0 radical (unpaired) electrons. The number of halogens is 1. The van der Waals surface area contributed by atoms with Crippen LogP contribution in [0.3, 0.4) is 0 Å². The third kappa shape index (κ3) is 8.44. The molecule has 4 rings (SSSR count). The van der Waals surface area contributed by atoms with Crippen LogP contribution in [0.2, 0.25) is 0 Å². The molecule has 0 bridgehead atoms. The summed E-state index contributed by atoms with van der Waals surface area (Å²) in [5.41, 5.74) is 0. The summed E-state index contributed by atoms with van der Waals surface area (Å²) in [7, 11) is 0. The zero-order valence-corrected chi connectivity index (χ0v) is 29.1. The average molecular weight is 668 g/mol. The van der Waals surface area contributed by atoms with Gasteiger partial charge in [0, 0.05) is 0 Å². The Morgan fingerprint density at radius 3 is 0.864 bits per heavy atom. The van der Waals surface area contributed by atoms with Gasteiger partial charge >= 0.3 is 0 Å². The van der Waals surface area contributed by atoms with E-state index in [9.17, 15) is 0 Å². The Morgan fingerprint density at radius 1 is 0.364 bits per heavy atom. The number of fused-ring (bicyclic) bond motifs is 6. The van der Waals surface area contributed by atoms with Crippen molar-refractivity contribution in [2.45, 2.75) is 98.8 Å². The van der Waals surface area contributed by atoms with E-state index < -0.39 is 0 Å². The van der Waals surface area contributed by atoms with Gasteiger partial charge in [0.1, 0.15) is 5.75 Å². The lowest BCUT2D eigenvalue weighted by molar-refractivity contribution is 0.262.